The fraction of sp³-hybridized carbons (Fsp3) is 0.295. The van der Waals surface area contributed by atoms with E-state index in [1.54, 1.807) is 4.90 Å². The van der Waals surface area contributed by atoms with Crippen LogP contribution in [0.2, 0.25) is 0 Å². The Morgan fingerprint density at radius 1 is 0.660 bits per heavy atom. The van der Waals surface area contributed by atoms with Gasteiger partial charge in [-0.2, -0.15) is 0 Å². The number of amides is 1. The van der Waals surface area contributed by atoms with E-state index >= 15 is 0 Å². The van der Waals surface area contributed by atoms with Crippen molar-refractivity contribution < 1.29 is 19.0 Å². The number of hydrogen-bond donors (Lipinski definition) is 0. The van der Waals surface area contributed by atoms with E-state index in [2.05, 4.69) is 80.4 Å². The highest BCUT2D eigenvalue weighted by molar-refractivity contribution is 6.00. The first kappa shape index (κ1) is 35.6. The molecule has 9 nitrogen and oxygen atoms in total. The molecule has 272 valence electrons. The first-order chi connectivity index (χ1) is 25.4. The van der Waals surface area contributed by atoms with Crippen LogP contribution in [0.1, 0.15) is 27.2 Å². The van der Waals surface area contributed by atoms with Gasteiger partial charge in [-0.15, -0.1) is 0 Å². The molecule has 1 saturated heterocycles. The fourth-order valence-electron chi connectivity index (χ4n) is 7.04. The largest absolute Gasteiger partial charge is 0.486 e. The lowest BCUT2D eigenvalue weighted by atomic mass is 10.00. The Labute approximate surface area is 311 Å². The highest BCUT2D eigenvalue weighted by Crippen LogP contribution is 2.38. The van der Waals surface area contributed by atoms with Gasteiger partial charge in [0.05, 0.1) is 29.0 Å². The van der Waals surface area contributed by atoms with Gasteiger partial charge >= 0.3 is 6.09 Å². The summed E-state index contributed by atoms with van der Waals surface area (Å²) in [5.74, 6) is 1.43. The molecule has 2 aromatic heterocycles. The average Bonchev–Trinajstić information content (AvgIpc) is 3.14. The van der Waals surface area contributed by atoms with Gasteiger partial charge in [0.1, 0.15) is 23.2 Å². The van der Waals surface area contributed by atoms with E-state index in [-0.39, 0.29) is 12.2 Å². The van der Waals surface area contributed by atoms with Crippen molar-refractivity contribution in [2.24, 2.45) is 0 Å². The summed E-state index contributed by atoms with van der Waals surface area (Å²) in [5.41, 5.74) is 7.77. The minimum absolute atomic E-state index is 0.298. The quantitative estimate of drug-likeness (QED) is 0.155. The smallest absolute Gasteiger partial charge is 0.410 e. The van der Waals surface area contributed by atoms with Crippen LogP contribution in [0.3, 0.4) is 0 Å². The van der Waals surface area contributed by atoms with Crippen LogP contribution in [-0.2, 0) is 4.74 Å². The van der Waals surface area contributed by atoms with Crippen molar-refractivity contribution >= 4 is 39.3 Å². The van der Waals surface area contributed by atoms with E-state index in [0.717, 1.165) is 61.2 Å². The summed E-state index contributed by atoms with van der Waals surface area (Å²) in [4.78, 5) is 28.5. The summed E-state index contributed by atoms with van der Waals surface area (Å²) in [7, 11) is 8.17. The Balaban J connectivity index is 1.13. The number of carbonyl (C=O) groups is 1. The molecule has 0 N–H and O–H groups in total. The predicted octanol–water partition coefficient (Wildman–Crippen LogP) is 9.08. The van der Waals surface area contributed by atoms with Crippen LogP contribution in [0.25, 0.3) is 44.1 Å². The van der Waals surface area contributed by atoms with Gasteiger partial charge in [0, 0.05) is 75.4 Å². The third kappa shape index (κ3) is 7.70. The molecule has 7 rings (SSSR count). The third-order valence-corrected chi connectivity index (χ3v) is 9.45. The van der Waals surface area contributed by atoms with Crippen LogP contribution in [0.4, 0.5) is 16.2 Å². The lowest BCUT2D eigenvalue weighted by Crippen LogP contribution is -2.54. The molecule has 6 aromatic rings. The standard InChI is InChI=1S/C44H47N5O4/c1-44(2,3)53-43(50)49-27-24-37(51-33-18-12-29(13-19-33)35-22-16-31-10-8-25-45-39(31)41(35)47(4)5)38(28-49)52-34-20-14-30(15-21-34)36-23-17-32-11-9-26-46-40(32)42(36)48(6)7/h8-23,25-26,37-38H,24,27-28H2,1-7H3. The Bertz CT molecular complexity index is 2230. The van der Waals surface area contributed by atoms with Crippen molar-refractivity contribution in [3.63, 3.8) is 0 Å². The molecule has 0 spiro atoms. The SMILES string of the molecule is CN(C)c1c(-c2ccc(OC3CCN(C(=O)OC(C)(C)C)CC3Oc3ccc(-c4ccc5cccnc5c4N(C)C)cc3)cc2)ccc2cccnc12. The molecule has 9 heteroatoms. The van der Waals surface area contributed by atoms with Crippen molar-refractivity contribution in [2.45, 2.75) is 45.0 Å². The monoisotopic (exact) mass is 709 g/mol. The molecule has 4 aromatic carbocycles. The zero-order valence-electron chi connectivity index (χ0n) is 31.5. The van der Waals surface area contributed by atoms with Crippen molar-refractivity contribution in [1.82, 2.24) is 14.9 Å². The summed E-state index contributed by atoms with van der Waals surface area (Å²) in [5, 5.41) is 2.19. The van der Waals surface area contributed by atoms with E-state index in [9.17, 15) is 4.79 Å². The van der Waals surface area contributed by atoms with E-state index in [0.29, 0.717) is 25.3 Å². The van der Waals surface area contributed by atoms with Crippen LogP contribution < -0.4 is 19.3 Å². The van der Waals surface area contributed by atoms with Gasteiger partial charge in [-0.05, 0) is 68.3 Å². The number of benzene rings is 4. The number of likely N-dealkylation sites (tertiary alicyclic amines) is 1. The van der Waals surface area contributed by atoms with Gasteiger partial charge in [-0.3, -0.25) is 9.97 Å². The second-order valence-corrected chi connectivity index (χ2v) is 14.9. The minimum atomic E-state index is -0.602. The predicted molar refractivity (Wildman–Crippen MR) is 214 cm³/mol. The lowest BCUT2D eigenvalue weighted by molar-refractivity contribution is -0.0278. The number of nitrogens with zero attached hydrogens (tertiary/aromatic N) is 5. The molecular weight excluding hydrogens is 663 g/mol. The number of fused-ring (bicyclic) bond motifs is 2. The molecule has 1 aliphatic heterocycles. The van der Waals surface area contributed by atoms with Gasteiger partial charge in [0.25, 0.3) is 0 Å². The van der Waals surface area contributed by atoms with Gasteiger partial charge < -0.3 is 28.9 Å². The maximum atomic E-state index is 13.2. The van der Waals surface area contributed by atoms with Gasteiger partial charge in [0.2, 0.25) is 0 Å². The maximum Gasteiger partial charge on any atom is 0.410 e. The van der Waals surface area contributed by atoms with Crippen molar-refractivity contribution in [1.29, 1.82) is 0 Å². The highest BCUT2D eigenvalue weighted by Gasteiger charge is 2.36. The molecule has 0 saturated carbocycles. The summed E-state index contributed by atoms with van der Waals surface area (Å²) < 4.78 is 19.0. The molecule has 0 aliphatic carbocycles. The average molecular weight is 710 g/mol. The number of hydrogen-bond acceptors (Lipinski definition) is 8. The molecule has 0 radical (unpaired) electrons. The Morgan fingerprint density at radius 3 is 1.58 bits per heavy atom. The third-order valence-electron chi connectivity index (χ3n) is 9.45. The molecule has 0 bridgehead atoms. The zero-order chi connectivity index (χ0) is 37.3. The number of ether oxygens (including phenoxy) is 3. The first-order valence-corrected chi connectivity index (χ1v) is 18.1. The Kier molecular flexibility index (Phi) is 9.84. The summed E-state index contributed by atoms with van der Waals surface area (Å²) >= 11 is 0. The molecule has 1 fully saturated rings. The lowest BCUT2D eigenvalue weighted by Gasteiger charge is -2.38. The van der Waals surface area contributed by atoms with Crippen LogP contribution in [0, 0.1) is 0 Å². The van der Waals surface area contributed by atoms with E-state index in [1.807, 2.05) is 97.8 Å². The van der Waals surface area contributed by atoms with Crippen LogP contribution in [-0.4, -0.2) is 80.1 Å². The zero-order valence-corrected chi connectivity index (χ0v) is 31.5. The number of aromatic nitrogens is 2. The molecular formula is C44H47N5O4. The molecule has 1 aliphatic rings. The van der Waals surface area contributed by atoms with E-state index < -0.39 is 11.7 Å². The Hall–Kier alpha value is -5.83. The van der Waals surface area contributed by atoms with E-state index in [1.165, 1.54) is 0 Å². The van der Waals surface area contributed by atoms with Crippen LogP contribution in [0.15, 0.2) is 109 Å². The molecule has 3 heterocycles. The number of carbonyl (C=O) groups excluding carboxylic acids is 1. The molecule has 53 heavy (non-hydrogen) atoms. The first-order valence-electron chi connectivity index (χ1n) is 18.1. The molecule has 2 unspecified atom stereocenters. The van der Waals surface area contributed by atoms with Crippen LogP contribution in [0.5, 0.6) is 11.5 Å². The summed E-state index contributed by atoms with van der Waals surface area (Å²) in [6.45, 7) is 6.46. The molecule has 2 atom stereocenters. The van der Waals surface area contributed by atoms with Crippen molar-refractivity contribution in [2.75, 3.05) is 51.1 Å². The van der Waals surface area contributed by atoms with E-state index in [4.69, 9.17) is 14.2 Å². The second-order valence-electron chi connectivity index (χ2n) is 14.9. The highest BCUT2D eigenvalue weighted by atomic mass is 16.6. The second kappa shape index (κ2) is 14.7. The van der Waals surface area contributed by atoms with Crippen molar-refractivity contribution in [3.05, 3.63) is 109 Å². The van der Waals surface area contributed by atoms with Gasteiger partial charge in [-0.25, -0.2) is 4.79 Å². The summed E-state index contributed by atoms with van der Waals surface area (Å²) in [6, 6.07) is 32.9. The summed E-state index contributed by atoms with van der Waals surface area (Å²) in [6.07, 6.45) is 3.16. The topological polar surface area (TPSA) is 80.3 Å². The van der Waals surface area contributed by atoms with Gasteiger partial charge in [-0.1, -0.05) is 60.7 Å². The van der Waals surface area contributed by atoms with Crippen LogP contribution >= 0.6 is 0 Å². The molecule has 1 amide bonds. The number of piperidine rings is 1. The van der Waals surface area contributed by atoms with Crippen molar-refractivity contribution in [3.8, 4) is 33.8 Å². The van der Waals surface area contributed by atoms with Gasteiger partial charge in [0.15, 0.2) is 6.10 Å². The normalized spacial score (nSPS) is 16.0. The minimum Gasteiger partial charge on any atom is -0.486 e. The Morgan fingerprint density at radius 2 is 1.13 bits per heavy atom. The fourth-order valence-corrected chi connectivity index (χ4v) is 7.04. The number of rotatable bonds is 8. The number of pyridine rings is 2. The maximum absolute atomic E-state index is 13.2. The number of anilines is 2.